The van der Waals surface area contributed by atoms with Crippen molar-refractivity contribution in [3.8, 4) is 17.9 Å². The summed E-state index contributed by atoms with van der Waals surface area (Å²) in [4.78, 5) is 37.5. The van der Waals surface area contributed by atoms with E-state index in [4.69, 9.17) is 5.26 Å². The molecular weight excluding hydrogens is 516 g/mol. The van der Waals surface area contributed by atoms with Gasteiger partial charge in [-0.1, -0.05) is 17.9 Å². The molecule has 0 aliphatic heterocycles. The second-order valence-electron chi connectivity index (χ2n) is 11.2. The van der Waals surface area contributed by atoms with E-state index in [0.717, 1.165) is 18.5 Å². The van der Waals surface area contributed by atoms with Gasteiger partial charge in [-0.05, 0) is 78.4 Å². The molecule has 0 bridgehead atoms. The van der Waals surface area contributed by atoms with Gasteiger partial charge in [0.1, 0.15) is 11.9 Å². The van der Waals surface area contributed by atoms with Crippen LogP contribution in [0.1, 0.15) is 51.2 Å². The maximum absolute atomic E-state index is 12.7. The Hall–Kier alpha value is -4.41. The molecule has 1 saturated carbocycles. The summed E-state index contributed by atoms with van der Waals surface area (Å²) in [7, 11) is 5.47. The minimum absolute atomic E-state index is 0.208. The smallest absolute Gasteiger partial charge is 0.246 e. The molecule has 2 amide bonds. The van der Waals surface area contributed by atoms with Gasteiger partial charge in [0.2, 0.25) is 17.8 Å². The number of nitrogens with one attached hydrogen (secondary N) is 3. The van der Waals surface area contributed by atoms with Crippen LogP contribution in [0.15, 0.2) is 42.6 Å². The van der Waals surface area contributed by atoms with Crippen LogP contribution < -0.4 is 16.0 Å². The van der Waals surface area contributed by atoms with E-state index < -0.39 is 6.04 Å². The molecule has 2 aromatic rings. The van der Waals surface area contributed by atoms with E-state index in [1.165, 1.54) is 11.0 Å². The number of nitrogens with zero attached hydrogens (tertiary/aromatic N) is 5. The highest BCUT2D eigenvalue weighted by atomic mass is 16.2. The molecule has 1 atom stereocenters. The first-order valence-corrected chi connectivity index (χ1v) is 13.8. The summed E-state index contributed by atoms with van der Waals surface area (Å²) in [5.41, 5.74) is 1.69. The van der Waals surface area contributed by atoms with Crippen LogP contribution in [0.2, 0.25) is 0 Å². The number of aromatic nitrogens is 2. The summed E-state index contributed by atoms with van der Waals surface area (Å²) in [6.45, 7) is 6.85. The van der Waals surface area contributed by atoms with E-state index in [2.05, 4.69) is 43.8 Å². The van der Waals surface area contributed by atoms with Crippen molar-refractivity contribution in [1.82, 2.24) is 25.1 Å². The molecule has 1 fully saturated rings. The quantitative estimate of drug-likeness (QED) is 0.268. The number of likely N-dealkylation sites (N-methyl/N-ethyl adjacent to an activating group) is 2. The van der Waals surface area contributed by atoms with Crippen molar-refractivity contribution in [1.29, 1.82) is 5.26 Å². The lowest BCUT2D eigenvalue weighted by atomic mass is 9.90. The van der Waals surface area contributed by atoms with E-state index in [1.807, 2.05) is 45.0 Å². The largest absolute Gasteiger partial charge is 0.366 e. The van der Waals surface area contributed by atoms with Gasteiger partial charge >= 0.3 is 0 Å². The number of benzene rings is 1. The zero-order chi connectivity index (χ0) is 30.0. The Labute approximate surface area is 243 Å². The second kappa shape index (κ2) is 14.3. The molecule has 3 N–H and O–H groups in total. The number of amides is 2. The van der Waals surface area contributed by atoms with Crippen LogP contribution in [0.4, 0.5) is 17.5 Å². The van der Waals surface area contributed by atoms with E-state index in [9.17, 15) is 9.59 Å². The topological polar surface area (TPSA) is 126 Å². The van der Waals surface area contributed by atoms with Crippen LogP contribution in [0, 0.1) is 28.6 Å². The molecule has 41 heavy (non-hydrogen) atoms. The van der Waals surface area contributed by atoms with E-state index >= 15 is 0 Å². The summed E-state index contributed by atoms with van der Waals surface area (Å²) in [6.07, 6.45) is 7.78. The maximum atomic E-state index is 12.7. The van der Waals surface area contributed by atoms with Gasteiger partial charge in [0.25, 0.3) is 0 Å². The van der Waals surface area contributed by atoms with Gasteiger partial charge in [-0.3, -0.25) is 9.59 Å². The predicted molar refractivity (Wildman–Crippen MR) is 161 cm³/mol. The summed E-state index contributed by atoms with van der Waals surface area (Å²) in [5.74, 6) is 7.25. The fourth-order valence-electron chi connectivity index (χ4n) is 3.62. The zero-order valence-corrected chi connectivity index (χ0v) is 24.8. The van der Waals surface area contributed by atoms with Crippen molar-refractivity contribution in [3.05, 3.63) is 53.7 Å². The van der Waals surface area contributed by atoms with Gasteiger partial charge in [0.15, 0.2) is 0 Å². The number of hydrogen-bond acceptors (Lipinski definition) is 8. The zero-order valence-electron chi connectivity index (χ0n) is 24.8. The van der Waals surface area contributed by atoms with Crippen LogP contribution in [-0.2, 0) is 9.59 Å². The van der Waals surface area contributed by atoms with Crippen LogP contribution in [0.25, 0.3) is 0 Å². The second-order valence-corrected chi connectivity index (χ2v) is 11.2. The van der Waals surface area contributed by atoms with Crippen molar-refractivity contribution in [3.63, 3.8) is 0 Å². The number of carbonyl (C=O) groups is 2. The Morgan fingerprint density at radius 3 is 2.54 bits per heavy atom. The van der Waals surface area contributed by atoms with Gasteiger partial charge in [0, 0.05) is 43.4 Å². The number of anilines is 3. The third-order valence-electron chi connectivity index (χ3n) is 6.60. The number of hydrogen-bond donors (Lipinski definition) is 3. The molecule has 1 heterocycles. The average Bonchev–Trinajstić information content (AvgIpc) is 3.76. The van der Waals surface area contributed by atoms with Crippen molar-refractivity contribution < 1.29 is 9.59 Å². The summed E-state index contributed by atoms with van der Waals surface area (Å²) in [5, 5.41) is 18.6. The van der Waals surface area contributed by atoms with Crippen LogP contribution in [-0.4, -0.2) is 77.9 Å². The maximum Gasteiger partial charge on any atom is 0.246 e. The highest BCUT2D eigenvalue weighted by Gasteiger charge is 2.24. The first-order valence-electron chi connectivity index (χ1n) is 13.8. The van der Waals surface area contributed by atoms with Crippen LogP contribution >= 0.6 is 0 Å². The molecule has 0 saturated heterocycles. The first-order chi connectivity index (χ1) is 19.5. The van der Waals surface area contributed by atoms with Crippen molar-refractivity contribution >= 4 is 29.3 Å². The van der Waals surface area contributed by atoms with Gasteiger partial charge in [-0.2, -0.15) is 10.2 Å². The molecule has 1 aromatic carbocycles. The molecule has 0 radical (unpaired) electrons. The molecule has 1 aliphatic rings. The SMILES string of the molecule is C[C@@H](C(=O)NCCC(C)(C)C#Cc1cnc(Nc2ccc(C#N)cc2)nc1NC1CC1)N(C)C(=O)/C=C/CN(C)C. The highest BCUT2D eigenvalue weighted by molar-refractivity contribution is 5.92. The Balaban J connectivity index is 1.59. The van der Waals surface area contributed by atoms with Gasteiger partial charge in [-0.25, -0.2) is 4.98 Å². The monoisotopic (exact) mass is 556 g/mol. The molecule has 1 aliphatic carbocycles. The van der Waals surface area contributed by atoms with E-state index in [0.29, 0.717) is 48.4 Å². The number of nitriles is 1. The molecule has 10 nitrogen and oxygen atoms in total. The Morgan fingerprint density at radius 2 is 1.90 bits per heavy atom. The lowest BCUT2D eigenvalue weighted by molar-refractivity contribution is -0.135. The van der Waals surface area contributed by atoms with Crippen molar-refractivity contribution in [2.45, 2.75) is 52.1 Å². The summed E-state index contributed by atoms with van der Waals surface area (Å²) >= 11 is 0. The standard InChI is InChI=1S/C31H40N8O2/c1-22(39(6)27(40)8-7-19-38(4)5)29(41)33-18-17-31(2,3)16-15-24-21-34-30(37-28(24)35-25-13-14-25)36-26-11-9-23(20-32)10-12-26/h7-12,21-22,25H,13-14,17-19H2,1-6H3,(H,33,41)(H2,34,35,36,37)/b8-7+/t22-/m0/s1. The Morgan fingerprint density at radius 1 is 1.20 bits per heavy atom. The molecule has 10 heteroatoms. The van der Waals surface area contributed by atoms with E-state index in [1.54, 1.807) is 38.4 Å². The fourth-order valence-corrected chi connectivity index (χ4v) is 3.62. The molecular formula is C31H40N8O2. The lowest BCUT2D eigenvalue weighted by Gasteiger charge is -2.24. The molecule has 1 aromatic heterocycles. The minimum atomic E-state index is -0.592. The fraction of sp³-hybridized carbons (Fsp3) is 0.452. The van der Waals surface area contributed by atoms with Gasteiger partial charge in [0.05, 0.1) is 23.4 Å². The Kier molecular flexibility index (Phi) is 10.8. The van der Waals surface area contributed by atoms with Gasteiger partial charge < -0.3 is 25.8 Å². The lowest BCUT2D eigenvalue weighted by Crippen LogP contribution is -2.46. The molecule has 0 spiro atoms. The Bertz CT molecular complexity index is 1340. The first kappa shape index (κ1) is 31.1. The molecule has 3 rings (SSSR count). The van der Waals surface area contributed by atoms with Crippen LogP contribution in [0.3, 0.4) is 0 Å². The average molecular weight is 557 g/mol. The normalized spacial score (nSPS) is 13.6. The van der Waals surface area contributed by atoms with Crippen molar-refractivity contribution in [2.24, 2.45) is 5.41 Å². The minimum Gasteiger partial charge on any atom is -0.366 e. The number of rotatable bonds is 12. The van der Waals surface area contributed by atoms with Crippen LogP contribution in [0.5, 0.6) is 0 Å². The van der Waals surface area contributed by atoms with Gasteiger partial charge in [-0.15, -0.1) is 0 Å². The third kappa shape index (κ3) is 10.3. The van der Waals surface area contributed by atoms with Crippen molar-refractivity contribution in [2.75, 3.05) is 44.9 Å². The molecule has 216 valence electrons. The third-order valence-corrected chi connectivity index (χ3v) is 6.60. The van der Waals surface area contributed by atoms with E-state index in [-0.39, 0.29) is 17.2 Å². The summed E-state index contributed by atoms with van der Waals surface area (Å²) in [6, 6.07) is 8.99. The predicted octanol–water partition coefficient (Wildman–Crippen LogP) is 3.51. The number of carbonyl (C=O) groups excluding carboxylic acids is 2. The highest BCUT2D eigenvalue weighted by Crippen LogP contribution is 2.27. The molecule has 0 unspecified atom stereocenters. The summed E-state index contributed by atoms with van der Waals surface area (Å²) < 4.78 is 0.